The number of nitrogens with zero attached hydrogens (tertiary/aromatic N) is 1. The van der Waals surface area contributed by atoms with E-state index in [4.69, 9.17) is 23.8 Å². The van der Waals surface area contributed by atoms with E-state index >= 15 is 0 Å². The van der Waals surface area contributed by atoms with Crippen LogP contribution in [-0.4, -0.2) is 41.2 Å². The fourth-order valence-corrected chi connectivity index (χ4v) is 4.22. The van der Waals surface area contributed by atoms with Crippen molar-refractivity contribution in [2.75, 3.05) is 18.4 Å². The monoisotopic (exact) mass is 368 g/mol. The van der Waals surface area contributed by atoms with Gasteiger partial charge in [0.2, 0.25) is 0 Å². The highest BCUT2D eigenvalue weighted by Gasteiger charge is 2.31. The third-order valence-corrected chi connectivity index (χ3v) is 5.83. The number of thiocarbonyl (C=S) groups is 1. The zero-order chi connectivity index (χ0) is 17.9. The van der Waals surface area contributed by atoms with Crippen molar-refractivity contribution in [1.29, 1.82) is 0 Å². The van der Waals surface area contributed by atoms with Gasteiger partial charge >= 0.3 is 0 Å². The Labute approximate surface area is 157 Å². The Morgan fingerprint density at radius 2 is 1.88 bits per heavy atom. The number of quaternary nitrogens is 1. The molecule has 0 spiro atoms. The van der Waals surface area contributed by atoms with Crippen LogP contribution < -0.4 is 10.2 Å². The second kappa shape index (κ2) is 8.50. The Kier molecular flexibility index (Phi) is 6.90. The number of halogens is 1. The number of benzene rings is 1. The zero-order valence-corrected chi connectivity index (χ0v) is 17.1. The predicted molar refractivity (Wildman–Crippen MR) is 108 cm³/mol. The number of piperidine rings is 1. The Morgan fingerprint density at radius 3 is 2.42 bits per heavy atom. The highest BCUT2D eigenvalue weighted by Crippen LogP contribution is 2.24. The first-order valence-corrected chi connectivity index (χ1v) is 9.79. The molecule has 1 aliphatic heterocycles. The molecule has 1 aromatic rings. The minimum Gasteiger partial charge on any atom is -0.343 e. The van der Waals surface area contributed by atoms with Crippen LogP contribution in [0, 0.1) is 6.92 Å². The smallest absolute Gasteiger partial charge is 0.173 e. The maximum Gasteiger partial charge on any atom is 0.173 e. The summed E-state index contributed by atoms with van der Waals surface area (Å²) in [6, 6.07) is 7.53. The van der Waals surface area contributed by atoms with Crippen molar-refractivity contribution in [3.63, 3.8) is 0 Å². The van der Waals surface area contributed by atoms with Gasteiger partial charge in [0.05, 0.1) is 19.1 Å². The van der Waals surface area contributed by atoms with E-state index < -0.39 is 0 Å². The van der Waals surface area contributed by atoms with Gasteiger partial charge in [-0.15, -0.1) is 0 Å². The average Bonchev–Trinajstić information content (AvgIpc) is 2.52. The second-order valence-corrected chi connectivity index (χ2v) is 8.18. The highest BCUT2D eigenvalue weighted by molar-refractivity contribution is 7.80. The third-order valence-electron chi connectivity index (χ3n) is 5.11. The van der Waals surface area contributed by atoms with Gasteiger partial charge in [-0.2, -0.15) is 0 Å². The molecule has 1 aromatic carbocycles. The van der Waals surface area contributed by atoms with Crippen LogP contribution in [0.2, 0.25) is 5.02 Å². The molecule has 0 bridgehead atoms. The van der Waals surface area contributed by atoms with Crippen LogP contribution in [-0.2, 0) is 0 Å². The highest BCUT2D eigenvalue weighted by atomic mass is 35.5. The molecule has 3 nitrogen and oxygen atoms in total. The fourth-order valence-electron chi connectivity index (χ4n) is 3.57. The predicted octanol–water partition coefficient (Wildman–Crippen LogP) is 3.51. The van der Waals surface area contributed by atoms with Crippen LogP contribution in [0.5, 0.6) is 0 Å². The molecule has 0 aromatic heterocycles. The molecular formula is C19H31ClN3S+. The van der Waals surface area contributed by atoms with E-state index in [1.54, 1.807) is 4.90 Å². The number of hydrogen-bond acceptors (Lipinski definition) is 1. The molecule has 1 heterocycles. The molecule has 5 heteroatoms. The summed E-state index contributed by atoms with van der Waals surface area (Å²) in [7, 11) is 0. The first-order chi connectivity index (χ1) is 11.3. The number of nitrogens with one attached hydrogen (secondary N) is 2. The van der Waals surface area contributed by atoms with Gasteiger partial charge in [0.25, 0.3) is 0 Å². The third kappa shape index (κ3) is 4.62. The van der Waals surface area contributed by atoms with Crippen molar-refractivity contribution in [2.24, 2.45) is 0 Å². The molecule has 134 valence electrons. The molecule has 1 saturated heterocycles. The molecule has 2 rings (SSSR count). The van der Waals surface area contributed by atoms with Crippen molar-refractivity contribution in [2.45, 2.75) is 65.6 Å². The van der Waals surface area contributed by atoms with Gasteiger partial charge in [0, 0.05) is 35.6 Å². The lowest BCUT2D eigenvalue weighted by atomic mass is 10.0. The number of hydrogen-bond donors (Lipinski definition) is 2. The van der Waals surface area contributed by atoms with Crippen molar-refractivity contribution < 1.29 is 4.90 Å². The summed E-state index contributed by atoms with van der Waals surface area (Å²) in [5, 5.41) is 5.01. The maximum atomic E-state index is 6.23. The standard InChI is InChI=1S/C19H30ClN3S/c1-13(2)22-11-9-16(10-12-22)23(14(3)4)19(24)21-18-8-6-7-17(20)15(18)5/h6-8,13-14,16H,9-12H2,1-5H3,(H,21,24)/p+1. The minimum atomic E-state index is 0.384. The van der Waals surface area contributed by atoms with Crippen LogP contribution in [0.1, 0.15) is 46.1 Å². The summed E-state index contributed by atoms with van der Waals surface area (Å²) >= 11 is 12.0. The van der Waals surface area contributed by atoms with Crippen LogP contribution in [0.3, 0.4) is 0 Å². The normalized spacial score (nSPS) is 21.2. The first kappa shape index (κ1) is 19.5. The molecule has 0 atom stereocenters. The summed E-state index contributed by atoms with van der Waals surface area (Å²) in [4.78, 5) is 4.09. The van der Waals surface area contributed by atoms with Gasteiger partial charge < -0.3 is 15.1 Å². The summed E-state index contributed by atoms with van der Waals surface area (Å²) < 4.78 is 0. The van der Waals surface area contributed by atoms with E-state index in [2.05, 4.69) is 37.9 Å². The van der Waals surface area contributed by atoms with Gasteiger partial charge in [-0.05, 0) is 64.5 Å². The lowest BCUT2D eigenvalue weighted by Crippen LogP contribution is -3.16. The van der Waals surface area contributed by atoms with Gasteiger partial charge in [-0.25, -0.2) is 0 Å². The molecule has 0 aliphatic carbocycles. The molecule has 24 heavy (non-hydrogen) atoms. The zero-order valence-electron chi connectivity index (χ0n) is 15.5. The second-order valence-electron chi connectivity index (χ2n) is 7.39. The van der Waals surface area contributed by atoms with E-state index in [1.165, 1.54) is 25.9 Å². The average molecular weight is 369 g/mol. The largest absolute Gasteiger partial charge is 0.343 e. The SMILES string of the molecule is Cc1c(Cl)cccc1NC(=S)N(C(C)C)C1CC[NH+](C(C)C)CC1. The van der Waals surface area contributed by atoms with Gasteiger partial charge in [-0.1, -0.05) is 17.7 Å². The first-order valence-electron chi connectivity index (χ1n) is 9.00. The summed E-state index contributed by atoms with van der Waals surface area (Å²) in [6.07, 6.45) is 2.39. The van der Waals surface area contributed by atoms with Crippen LogP contribution in [0.25, 0.3) is 0 Å². The lowest BCUT2D eigenvalue weighted by Gasteiger charge is -2.41. The van der Waals surface area contributed by atoms with Crippen molar-refractivity contribution in [3.8, 4) is 0 Å². The summed E-state index contributed by atoms with van der Waals surface area (Å²) in [5.74, 6) is 0. The fraction of sp³-hybridized carbons (Fsp3) is 0.632. The minimum absolute atomic E-state index is 0.384. The van der Waals surface area contributed by atoms with Crippen LogP contribution >= 0.6 is 23.8 Å². The lowest BCUT2D eigenvalue weighted by molar-refractivity contribution is -0.926. The molecule has 0 amide bonds. The van der Waals surface area contributed by atoms with Crippen LogP contribution in [0.15, 0.2) is 18.2 Å². The summed E-state index contributed by atoms with van der Waals surface area (Å²) in [5.41, 5.74) is 2.05. The Hall–Kier alpha value is -0.840. The molecule has 0 radical (unpaired) electrons. The number of anilines is 1. The van der Waals surface area contributed by atoms with E-state index in [0.29, 0.717) is 18.1 Å². The summed E-state index contributed by atoms with van der Waals surface area (Å²) in [6.45, 7) is 13.5. The quantitative estimate of drug-likeness (QED) is 0.793. The van der Waals surface area contributed by atoms with E-state index in [1.807, 2.05) is 25.1 Å². The van der Waals surface area contributed by atoms with Crippen LogP contribution in [0.4, 0.5) is 5.69 Å². The van der Waals surface area contributed by atoms with E-state index in [-0.39, 0.29) is 0 Å². The Bertz CT molecular complexity index is 566. The molecule has 1 fully saturated rings. The number of rotatable bonds is 4. The maximum absolute atomic E-state index is 6.23. The van der Waals surface area contributed by atoms with Crippen molar-refractivity contribution >= 4 is 34.6 Å². The van der Waals surface area contributed by atoms with Crippen molar-refractivity contribution in [3.05, 3.63) is 28.8 Å². The number of likely N-dealkylation sites (tertiary alicyclic amines) is 1. The van der Waals surface area contributed by atoms with E-state index in [9.17, 15) is 0 Å². The molecule has 1 aliphatic rings. The van der Waals surface area contributed by atoms with Gasteiger partial charge in [0.15, 0.2) is 5.11 Å². The Balaban J connectivity index is 2.07. The molecule has 2 N–H and O–H groups in total. The van der Waals surface area contributed by atoms with Gasteiger partial charge in [-0.3, -0.25) is 0 Å². The van der Waals surface area contributed by atoms with Crippen molar-refractivity contribution in [1.82, 2.24) is 4.90 Å². The van der Waals surface area contributed by atoms with E-state index in [0.717, 1.165) is 21.4 Å². The Morgan fingerprint density at radius 1 is 1.25 bits per heavy atom. The molecule has 0 unspecified atom stereocenters. The molecular weight excluding hydrogens is 338 g/mol. The van der Waals surface area contributed by atoms with Gasteiger partial charge in [0.1, 0.15) is 0 Å². The topological polar surface area (TPSA) is 19.7 Å². The molecule has 0 saturated carbocycles.